The summed E-state index contributed by atoms with van der Waals surface area (Å²) in [6.07, 6.45) is 0. The minimum Gasteiger partial charge on any atom is -0.355 e. The Kier molecular flexibility index (Phi) is 5.08. The van der Waals surface area contributed by atoms with Crippen LogP contribution >= 0.6 is 11.8 Å². The standard InChI is InChI=1S/C15H17N7O2S/c1-9(12-10-5-3-4-6-11(10)14(24)18-17-12)13(23)16-7-8-25-15-19-20-21-22(15)2/h3-6,9H,7-8H2,1-2H3,(H,16,23)(H,18,24). The fourth-order valence-corrected chi connectivity index (χ4v) is 3.11. The number of nitrogens with one attached hydrogen (secondary N) is 2. The summed E-state index contributed by atoms with van der Waals surface area (Å²) in [6, 6.07) is 7.12. The van der Waals surface area contributed by atoms with Crippen molar-refractivity contribution in [1.29, 1.82) is 0 Å². The first-order valence-corrected chi connectivity index (χ1v) is 8.66. The molecule has 25 heavy (non-hydrogen) atoms. The molecule has 2 N–H and O–H groups in total. The minimum atomic E-state index is -0.483. The molecule has 0 aliphatic heterocycles. The Morgan fingerprint density at radius 3 is 2.84 bits per heavy atom. The third-order valence-electron chi connectivity index (χ3n) is 3.74. The topological polar surface area (TPSA) is 118 Å². The van der Waals surface area contributed by atoms with Crippen LogP contribution in [-0.2, 0) is 11.8 Å². The molecule has 1 atom stereocenters. The number of carbonyl (C=O) groups is 1. The maximum absolute atomic E-state index is 12.4. The van der Waals surface area contributed by atoms with Gasteiger partial charge in [-0.05, 0) is 23.4 Å². The zero-order chi connectivity index (χ0) is 17.8. The molecule has 1 amide bonds. The number of carbonyl (C=O) groups excluding carboxylic acids is 1. The predicted molar refractivity (Wildman–Crippen MR) is 93.3 cm³/mol. The summed E-state index contributed by atoms with van der Waals surface area (Å²) in [6.45, 7) is 2.24. The molecule has 0 saturated heterocycles. The molecule has 0 aliphatic rings. The molecular formula is C15H17N7O2S. The quantitative estimate of drug-likeness (QED) is 0.485. The van der Waals surface area contributed by atoms with E-state index in [-0.39, 0.29) is 11.5 Å². The lowest BCUT2D eigenvalue weighted by Crippen LogP contribution is -2.31. The Morgan fingerprint density at radius 2 is 2.12 bits per heavy atom. The van der Waals surface area contributed by atoms with Crippen molar-refractivity contribution in [2.75, 3.05) is 12.3 Å². The summed E-state index contributed by atoms with van der Waals surface area (Å²) in [5, 5.41) is 22.5. The van der Waals surface area contributed by atoms with Gasteiger partial charge in [-0.15, -0.1) is 5.10 Å². The first-order chi connectivity index (χ1) is 12.1. The van der Waals surface area contributed by atoms with Gasteiger partial charge >= 0.3 is 0 Å². The van der Waals surface area contributed by atoms with Gasteiger partial charge in [-0.25, -0.2) is 9.78 Å². The highest BCUT2D eigenvalue weighted by Gasteiger charge is 2.20. The second kappa shape index (κ2) is 7.43. The van der Waals surface area contributed by atoms with Gasteiger partial charge in [-0.1, -0.05) is 30.0 Å². The zero-order valence-corrected chi connectivity index (χ0v) is 14.6. The number of hydrogen-bond donors (Lipinski definition) is 2. The lowest BCUT2D eigenvalue weighted by molar-refractivity contribution is -0.122. The number of benzene rings is 1. The van der Waals surface area contributed by atoms with Crippen LogP contribution in [0.4, 0.5) is 0 Å². The molecule has 1 aromatic carbocycles. The summed E-state index contributed by atoms with van der Waals surface area (Å²) in [5.41, 5.74) is 0.290. The van der Waals surface area contributed by atoms with E-state index in [4.69, 9.17) is 0 Å². The van der Waals surface area contributed by atoms with E-state index in [9.17, 15) is 9.59 Å². The van der Waals surface area contributed by atoms with E-state index in [1.165, 1.54) is 11.8 Å². The number of nitrogens with zero attached hydrogens (tertiary/aromatic N) is 5. The van der Waals surface area contributed by atoms with Crippen LogP contribution in [0.2, 0.25) is 0 Å². The molecule has 2 aromatic heterocycles. The van der Waals surface area contributed by atoms with E-state index < -0.39 is 5.92 Å². The Balaban J connectivity index is 1.64. The first kappa shape index (κ1) is 17.1. The van der Waals surface area contributed by atoms with Gasteiger partial charge in [0.1, 0.15) is 0 Å². The highest BCUT2D eigenvalue weighted by Crippen LogP contribution is 2.21. The van der Waals surface area contributed by atoms with Crippen LogP contribution in [0.25, 0.3) is 10.8 Å². The molecule has 0 fully saturated rings. The molecule has 3 rings (SSSR count). The van der Waals surface area contributed by atoms with Crippen molar-refractivity contribution in [2.24, 2.45) is 7.05 Å². The fourth-order valence-electron chi connectivity index (χ4n) is 2.40. The summed E-state index contributed by atoms with van der Waals surface area (Å²) in [7, 11) is 1.76. The van der Waals surface area contributed by atoms with Gasteiger partial charge in [0.05, 0.1) is 17.0 Å². The predicted octanol–water partition coefficient (Wildman–Crippen LogP) is 0.459. The molecule has 9 nitrogen and oxygen atoms in total. The highest BCUT2D eigenvalue weighted by atomic mass is 32.2. The second-order valence-corrected chi connectivity index (χ2v) is 6.49. The van der Waals surface area contributed by atoms with E-state index in [0.717, 1.165) is 0 Å². The van der Waals surface area contributed by atoms with Gasteiger partial charge < -0.3 is 5.32 Å². The SMILES string of the molecule is CC(C(=O)NCCSc1nnnn1C)c1n[nH]c(=O)c2ccccc12. The van der Waals surface area contributed by atoms with E-state index >= 15 is 0 Å². The van der Waals surface area contributed by atoms with Gasteiger partial charge in [0.2, 0.25) is 11.1 Å². The summed E-state index contributed by atoms with van der Waals surface area (Å²) >= 11 is 1.46. The van der Waals surface area contributed by atoms with Gasteiger partial charge in [-0.2, -0.15) is 5.10 Å². The molecule has 3 aromatic rings. The minimum absolute atomic E-state index is 0.151. The molecular weight excluding hydrogens is 342 g/mol. The lowest BCUT2D eigenvalue weighted by Gasteiger charge is -2.13. The number of thioether (sulfide) groups is 1. The van der Waals surface area contributed by atoms with Crippen LogP contribution in [-0.4, -0.2) is 48.6 Å². The lowest BCUT2D eigenvalue weighted by atomic mass is 10.0. The Morgan fingerprint density at radius 1 is 1.36 bits per heavy atom. The second-order valence-electron chi connectivity index (χ2n) is 5.43. The van der Waals surface area contributed by atoms with Crippen LogP contribution in [0.3, 0.4) is 0 Å². The Bertz CT molecular complexity index is 952. The van der Waals surface area contributed by atoms with E-state index in [2.05, 4.69) is 31.0 Å². The maximum atomic E-state index is 12.4. The maximum Gasteiger partial charge on any atom is 0.272 e. The number of aromatic nitrogens is 6. The fraction of sp³-hybridized carbons (Fsp3) is 0.333. The van der Waals surface area contributed by atoms with E-state index in [1.807, 2.05) is 6.07 Å². The van der Waals surface area contributed by atoms with Crippen molar-refractivity contribution >= 4 is 28.4 Å². The first-order valence-electron chi connectivity index (χ1n) is 7.68. The molecule has 10 heteroatoms. The van der Waals surface area contributed by atoms with Crippen molar-refractivity contribution in [3.05, 3.63) is 40.3 Å². The van der Waals surface area contributed by atoms with Gasteiger partial charge in [0, 0.05) is 24.7 Å². The third-order valence-corrected chi connectivity index (χ3v) is 4.76. The van der Waals surface area contributed by atoms with Crippen molar-refractivity contribution in [3.63, 3.8) is 0 Å². The van der Waals surface area contributed by atoms with Crippen molar-refractivity contribution in [3.8, 4) is 0 Å². The largest absolute Gasteiger partial charge is 0.355 e. The highest BCUT2D eigenvalue weighted by molar-refractivity contribution is 7.99. The number of aryl methyl sites for hydroxylation is 1. The van der Waals surface area contributed by atoms with E-state index in [0.29, 0.717) is 33.9 Å². The number of rotatable bonds is 6. The molecule has 1 unspecified atom stereocenters. The number of fused-ring (bicyclic) bond motifs is 1. The molecule has 130 valence electrons. The molecule has 2 heterocycles. The molecule has 0 radical (unpaired) electrons. The number of hydrogen-bond acceptors (Lipinski definition) is 7. The number of H-pyrrole nitrogens is 1. The van der Waals surface area contributed by atoms with Gasteiger partial charge in [0.15, 0.2) is 0 Å². The van der Waals surface area contributed by atoms with Crippen molar-refractivity contribution < 1.29 is 4.79 Å². The number of amides is 1. The van der Waals surface area contributed by atoms with Crippen molar-refractivity contribution in [1.82, 2.24) is 35.7 Å². The summed E-state index contributed by atoms with van der Waals surface area (Å²) in [5.74, 6) is 0.0107. The van der Waals surface area contributed by atoms with Crippen LogP contribution in [0.1, 0.15) is 18.5 Å². The number of tetrazole rings is 1. The Labute approximate surface area is 147 Å². The third kappa shape index (κ3) is 3.68. The average Bonchev–Trinajstić information content (AvgIpc) is 3.03. The average molecular weight is 359 g/mol. The van der Waals surface area contributed by atoms with E-state index in [1.54, 1.807) is 36.9 Å². The van der Waals surface area contributed by atoms with Crippen LogP contribution in [0, 0.1) is 0 Å². The van der Waals surface area contributed by atoms with Gasteiger partial charge in [-0.3, -0.25) is 9.59 Å². The van der Waals surface area contributed by atoms with Crippen LogP contribution < -0.4 is 10.9 Å². The van der Waals surface area contributed by atoms with Crippen LogP contribution in [0.5, 0.6) is 0 Å². The monoisotopic (exact) mass is 359 g/mol. The Hall–Kier alpha value is -2.75. The zero-order valence-electron chi connectivity index (χ0n) is 13.8. The summed E-state index contributed by atoms with van der Waals surface area (Å²) < 4.78 is 1.57. The summed E-state index contributed by atoms with van der Waals surface area (Å²) in [4.78, 5) is 24.2. The molecule has 0 saturated carbocycles. The molecule has 0 spiro atoms. The molecule has 0 aliphatic carbocycles. The molecule has 0 bridgehead atoms. The van der Waals surface area contributed by atoms with Gasteiger partial charge in [0.25, 0.3) is 5.56 Å². The van der Waals surface area contributed by atoms with Crippen molar-refractivity contribution in [2.45, 2.75) is 18.0 Å². The van der Waals surface area contributed by atoms with Crippen LogP contribution in [0.15, 0.2) is 34.2 Å². The smallest absolute Gasteiger partial charge is 0.272 e. The normalized spacial score (nSPS) is 12.2. The number of aromatic amines is 1.